The fraction of sp³-hybridized carbons (Fsp3) is 0.133. The highest BCUT2D eigenvalue weighted by atomic mass is 79.9. The van der Waals surface area contributed by atoms with Gasteiger partial charge in [-0.15, -0.1) is 0 Å². The van der Waals surface area contributed by atoms with E-state index >= 15 is 0 Å². The van der Waals surface area contributed by atoms with Gasteiger partial charge in [0, 0.05) is 23.6 Å². The summed E-state index contributed by atoms with van der Waals surface area (Å²) >= 11 is 3.27. The number of nitrogens with one attached hydrogen (secondary N) is 1. The Morgan fingerprint density at radius 3 is 2.95 bits per heavy atom. The van der Waals surface area contributed by atoms with Crippen molar-refractivity contribution in [2.24, 2.45) is 4.99 Å². The molecule has 0 bridgehead atoms. The number of nitrogens with zero attached hydrogens (tertiary/aromatic N) is 1. The highest BCUT2D eigenvalue weighted by Gasteiger charge is 2.01. The third-order valence-electron chi connectivity index (χ3n) is 3.00. The van der Waals surface area contributed by atoms with E-state index < -0.39 is 0 Å². The average molecular weight is 317 g/mol. The molecular formula is C15H13BrN2O. The van der Waals surface area contributed by atoms with Crippen LogP contribution in [0.25, 0.3) is 10.9 Å². The Morgan fingerprint density at radius 2 is 2.11 bits per heavy atom. The molecule has 1 N–H and O–H groups in total. The van der Waals surface area contributed by atoms with Gasteiger partial charge in [0.05, 0.1) is 6.21 Å². The van der Waals surface area contributed by atoms with Gasteiger partial charge in [0.1, 0.15) is 5.76 Å². The minimum absolute atomic E-state index is 0.727. The molecular weight excluding hydrogens is 304 g/mol. The molecule has 3 aromatic rings. The van der Waals surface area contributed by atoms with Crippen LogP contribution in [-0.2, 0) is 6.42 Å². The zero-order valence-electron chi connectivity index (χ0n) is 10.3. The van der Waals surface area contributed by atoms with E-state index in [4.69, 9.17) is 4.42 Å². The van der Waals surface area contributed by atoms with Crippen LogP contribution in [0.15, 0.2) is 56.7 Å². The Hall–Kier alpha value is -1.81. The van der Waals surface area contributed by atoms with Crippen molar-refractivity contribution < 1.29 is 4.42 Å². The summed E-state index contributed by atoms with van der Waals surface area (Å²) < 4.78 is 6.08. The molecule has 0 saturated heterocycles. The molecule has 0 atom stereocenters. The summed E-state index contributed by atoms with van der Waals surface area (Å²) in [5, 5.41) is 1.28. The second-order valence-electron chi connectivity index (χ2n) is 4.29. The van der Waals surface area contributed by atoms with Gasteiger partial charge in [-0.05, 0) is 46.1 Å². The SMILES string of the molecule is Brc1ccc(C=NCCc2c[nH]c3ccccc23)o1. The van der Waals surface area contributed by atoms with Gasteiger partial charge >= 0.3 is 0 Å². The fourth-order valence-corrected chi connectivity index (χ4v) is 2.39. The number of hydrogen-bond acceptors (Lipinski definition) is 2. The summed E-state index contributed by atoms with van der Waals surface area (Å²) in [6.07, 6.45) is 4.74. The summed E-state index contributed by atoms with van der Waals surface area (Å²) in [4.78, 5) is 7.66. The summed E-state index contributed by atoms with van der Waals surface area (Å²) in [5.74, 6) is 0.769. The third kappa shape index (κ3) is 2.79. The van der Waals surface area contributed by atoms with Crippen LogP contribution in [-0.4, -0.2) is 17.7 Å². The van der Waals surface area contributed by atoms with E-state index in [2.05, 4.69) is 50.3 Å². The quantitative estimate of drug-likeness (QED) is 0.720. The van der Waals surface area contributed by atoms with Crippen molar-refractivity contribution in [3.63, 3.8) is 0 Å². The molecule has 3 nitrogen and oxygen atoms in total. The van der Waals surface area contributed by atoms with E-state index in [1.807, 2.05) is 18.2 Å². The first-order valence-electron chi connectivity index (χ1n) is 6.13. The van der Waals surface area contributed by atoms with Gasteiger partial charge in [-0.3, -0.25) is 4.99 Å². The van der Waals surface area contributed by atoms with Gasteiger partial charge in [-0.1, -0.05) is 18.2 Å². The number of aromatic nitrogens is 1. The molecule has 3 rings (SSSR count). The van der Waals surface area contributed by atoms with Gasteiger partial charge < -0.3 is 9.40 Å². The standard InChI is InChI=1S/C15H13BrN2O/c16-15-6-5-12(19-15)10-17-8-7-11-9-18-14-4-2-1-3-13(11)14/h1-6,9-10,18H,7-8H2. The van der Waals surface area contributed by atoms with E-state index in [0.717, 1.165) is 23.4 Å². The van der Waals surface area contributed by atoms with Crippen LogP contribution in [0.5, 0.6) is 0 Å². The molecule has 0 spiro atoms. The Bertz CT molecular complexity index is 712. The highest BCUT2D eigenvalue weighted by Crippen LogP contribution is 2.18. The maximum Gasteiger partial charge on any atom is 0.169 e. The molecule has 0 aliphatic carbocycles. The second kappa shape index (κ2) is 5.45. The molecule has 19 heavy (non-hydrogen) atoms. The Morgan fingerprint density at radius 1 is 1.21 bits per heavy atom. The molecule has 2 aromatic heterocycles. The number of furan rings is 1. The maximum atomic E-state index is 5.35. The molecule has 0 amide bonds. The molecule has 0 saturated carbocycles. The van der Waals surface area contributed by atoms with Gasteiger partial charge in [-0.25, -0.2) is 0 Å². The van der Waals surface area contributed by atoms with E-state index in [1.165, 1.54) is 16.5 Å². The lowest BCUT2D eigenvalue weighted by Crippen LogP contribution is -1.89. The topological polar surface area (TPSA) is 41.3 Å². The van der Waals surface area contributed by atoms with E-state index in [1.54, 1.807) is 6.21 Å². The van der Waals surface area contributed by atoms with Crippen molar-refractivity contribution in [1.29, 1.82) is 0 Å². The Kier molecular flexibility index (Phi) is 3.51. The number of benzene rings is 1. The molecule has 0 fully saturated rings. The maximum absolute atomic E-state index is 5.35. The number of aromatic amines is 1. The fourth-order valence-electron chi connectivity index (χ4n) is 2.08. The first kappa shape index (κ1) is 12.2. The molecule has 96 valence electrons. The monoisotopic (exact) mass is 316 g/mol. The molecule has 0 aliphatic rings. The van der Waals surface area contributed by atoms with Crippen molar-refractivity contribution >= 4 is 33.0 Å². The van der Waals surface area contributed by atoms with Crippen LogP contribution in [0.1, 0.15) is 11.3 Å². The predicted octanol–water partition coefficient (Wildman–Crippen LogP) is 4.19. The van der Waals surface area contributed by atoms with E-state index in [9.17, 15) is 0 Å². The third-order valence-corrected chi connectivity index (χ3v) is 3.42. The number of rotatable bonds is 4. The van der Waals surface area contributed by atoms with Crippen LogP contribution in [0, 0.1) is 0 Å². The van der Waals surface area contributed by atoms with Gasteiger partial charge in [0.2, 0.25) is 0 Å². The molecule has 2 heterocycles. The number of fused-ring (bicyclic) bond motifs is 1. The lowest BCUT2D eigenvalue weighted by molar-refractivity contribution is 0.534. The molecule has 1 aromatic carbocycles. The second-order valence-corrected chi connectivity index (χ2v) is 5.07. The summed E-state index contributed by atoms with van der Waals surface area (Å²) in [5.41, 5.74) is 2.48. The number of hydrogen-bond donors (Lipinski definition) is 1. The summed E-state index contributed by atoms with van der Waals surface area (Å²) in [6.45, 7) is 0.750. The number of para-hydroxylation sites is 1. The minimum Gasteiger partial charge on any atom is -0.448 e. The van der Waals surface area contributed by atoms with E-state index in [0.29, 0.717) is 0 Å². The van der Waals surface area contributed by atoms with Gasteiger partial charge in [0.25, 0.3) is 0 Å². The predicted molar refractivity (Wildman–Crippen MR) is 80.9 cm³/mol. The zero-order chi connectivity index (χ0) is 13.1. The zero-order valence-corrected chi connectivity index (χ0v) is 11.9. The highest BCUT2D eigenvalue weighted by molar-refractivity contribution is 9.10. The largest absolute Gasteiger partial charge is 0.448 e. The number of H-pyrrole nitrogens is 1. The van der Waals surface area contributed by atoms with Crippen LogP contribution >= 0.6 is 15.9 Å². The Balaban J connectivity index is 1.65. The normalized spacial score (nSPS) is 11.6. The molecule has 0 unspecified atom stereocenters. The molecule has 0 aliphatic heterocycles. The van der Waals surface area contributed by atoms with Crippen LogP contribution in [0.2, 0.25) is 0 Å². The number of halogens is 1. The van der Waals surface area contributed by atoms with Crippen LogP contribution in [0.3, 0.4) is 0 Å². The number of aliphatic imine (C=N–C) groups is 1. The smallest absolute Gasteiger partial charge is 0.169 e. The van der Waals surface area contributed by atoms with Gasteiger partial charge in [0.15, 0.2) is 4.67 Å². The van der Waals surface area contributed by atoms with Crippen LogP contribution in [0.4, 0.5) is 0 Å². The first-order valence-corrected chi connectivity index (χ1v) is 6.92. The summed E-state index contributed by atoms with van der Waals surface area (Å²) in [6, 6.07) is 12.1. The first-order chi connectivity index (χ1) is 9.33. The lowest BCUT2D eigenvalue weighted by Gasteiger charge is -1.95. The van der Waals surface area contributed by atoms with Crippen LogP contribution < -0.4 is 0 Å². The van der Waals surface area contributed by atoms with Crippen molar-refractivity contribution in [3.05, 3.63) is 58.6 Å². The molecule has 4 heteroatoms. The minimum atomic E-state index is 0.727. The van der Waals surface area contributed by atoms with Gasteiger partial charge in [-0.2, -0.15) is 0 Å². The average Bonchev–Trinajstić information content (AvgIpc) is 3.02. The van der Waals surface area contributed by atoms with Crippen molar-refractivity contribution in [1.82, 2.24) is 4.98 Å². The lowest BCUT2D eigenvalue weighted by atomic mass is 10.1. The van der Waals surface area contributed by atoms with Crippen molar-refractivity contribution in [2.45, 2.75) is 6.42 Å². The van der Waals surface area contributed by atoms with E-state index in [-0.39, 0.29) is 0 Å². The van der Waals surface area contributed by atoms with Crippen molar-refractivity contribution in [3.8, 4) is 0 Å². The molecule has 0 radical (unpaired) electrons. The van der Waals surface area contributed by atoms with Crippen molar-refractivity contribution in [2.75, 3.05) is 6.54 Å². The summed E-state index contributed by atoms with van der Waals surface area (Å²) in [7, 11) is 0. The Labute approximate surface area is 119 Å².